The Hall–Kier alpha value is -1.54. The summed E-state index contributed by atoms with van der Waals surface area (Å²) in [6.07, 6.45) is 3.56. The third kappa shape index (κ3) is 4.85. The number of nitrogens with two attached hydrogens (primary N) is 1. The van der Waals surface area contributed by atoms with E-state index in [1.165, 1.54) is 11.3 Å². The van der Waals surface area contributed by atoms with Gasteiger partial charge in [-0.2, -0.15) is 0 Å². The molecule has 2 aliphatic rings. The van der Waals surface area contributed by atoms with Crippen molar-refractivity contribution in [2.24, 2.45) is 11.7 Å². The van der Waals surface area contributed by atoms with Crippen molar-refractivity contribution >= 4 is 42.1 Å². The number of benzene rings is 1. The predicted molar refractivity (Wildman–Crippen MR) is 110 cm³/mol. The summed E-state index contributed by atoms with van der Waals surface area (Å²) >= 11 is 1.53. The van der Waals surface area contributed by atoms with Gasteiger partial charge in [-0.1, -0.05) is 6.42 Å². The lowest BCUT2D eigenvalue weighted by Crippen LogP contribution is -2.40. The molecule has 1 aromatic carbocycles. The summed E-state index contributed by atoms with van der Waals surface area (Å²) in [5, 5.41) is 5.94. The van der Waals surface area contributed by atoms with Gasteiger partial charge in [-0.25, -0.2) is 4.98 Å². The van der Waals surface area contributed by atoms with Crippen LogP contribution in [0.4, 0.5) is 0 Å². The zero-order valence-corrected chi connectivity index (χ0v) is 17.1. The van der Waals surface area contributed by atoms with Crippen molar-refractivity contribution in [2.45, 2.75) is 31.7 Å². The van der Waals surface area contributed by atoms with Crippen LogP contribution in [0.25, 0.3) is 10.6 Å². The van der Waals surface area contributed by atoms with E-state index in [2.05, 4.69) is 10.3 Å². The van der Waals surface area contributed by atoms with E-state index < -0.39 is 0 Å². The molecule has 3 N–H and O–H groups in total. The molecule has 0 spiro atoms. The number of nitrogens with zero attached hydrogens (tertiary/aromatic N) is 1. The van der Waals surface area contributed by atoms with Crippen LogP contribution in [-0.2, 0) is 11.2 Å². The van der Waals surface area contributed by atoms with E-state index in [1.54, 1.807) is 0 Å². The maximum Gasteiger partial charge on any atom is 0.231 e. The van der Waals surface area contributed by atoms with Crippen molar-refractivity contribution in [1.82, 2.24) is 10.3 Å². The monoisotopic (exact) mass is 431 g/mol. The van der Waals surface area contributed by atoms with Crippen LogP contribution in [0.3, 0.4) is 0 Å². The lowest BCUT2D eigenvalue weighted by Gasteiger charge is -2.19. The second-order valence-electron chi connectivity index (χ2n) is 6.49. The van der Waals surface area contributed by atoms with Gasteiger partial charge in [0.05, 0.1) is 12.1 Å². The minimum atomic E-state index is 0. The largest absolute Gasteiger partial charge is 0.454 e. The number of rotatable bonds is 5. The molecule has 1 saturated carbocycles. The maximum absolute atomic E-state index is 12.3. The highest BCUT2D eigenvalue weighted by Gasteiger charge is 2.27. The highest BCUT2D eigenvalue weighted by Crippen LogP contribution is 2.36. The van der Waals surface area contributed by atoms with E-state index >= 15 is 0 Å². The Morgan fingerprint density at radius 2 is 2.07 bits per heavy atom. The molecule has 1 aromatic heterocycles. The first-order chi connectivity index (χ1) is 12.2. The summed E-state index contributed by atoms with van der Waals surface area (Å²) in [5.74, 6) is 1.92. The first-order valence-electron chi connectivity index (χ1n) is 8.57. The van der Waals surface area contributed by atoms with E-state index in [0.29, 0.717) is 18.9 Å². The Morgan fingerprint density at radius 3 is 2.89 bits per heavy atom. The molecule has 27 heavy (non-hydrogen) atoms. The lowest BCUT2D eigenvalue weighted by molar-refractivity contribution is -0.121. The van der Waals surface area contributed by atoms with Gasteiger partial charge in [-0.3, -0.25) is 4.79 Å². The molecule has 2 aromatic rings. The van der Waals surface area contributed by atoms with Crippen LogP contribution >= 0.6 is 36.2 Å². The third-order valence-corrected chi connectivity index (χ3v) is 5.76. The standard InChI is InChI=1S/C18H21N3O3S.2ClH/c19-8-12-2-1-3-14(12)21-17(22)7-13-9-25-18(20-13)11-4-5-15-16(6-11)24-10-23-15;;/h4-6,9,12,14H,1-3,7-8,10,19H2,(H,21,22);2*1H. The molecule has 0 radical (unpaired) electrons. The van der Waals surface area contributed by atoms with Crippen molar-refractivity contribution in [2.75, 3.05) is 13.3 Å². The van der Waals surface area contributed by atoms with Crippen LogP contribution in [0.2, 0.25) is 0 Å². The highest BCUT2D eigenvalue weighted by atomic mass is 35.5. The minimum absolute atomic E-state index is 0. The number of nitrogens with one attached hydrogen (secondary N) is 1. The predicted octanol–water partition coefficient (Wildman–Crippen LogP) is 3.17. The summed E-state index contributed by atoms with van der Waals surface area (Å²) in [4.78, 5) is 16.9. The molecular formula is C18H23Cl2N3O3S. The van der Waals surface area contributed by atoms with Gasteiger partial charge in [0.25, 0.3) is 0 Å². The van der Waals surface area contributed by atoms with Gasteiger partial charge in [0.1, 0.15) is 5.01 Å². The number of carbonyl (C=O) groups excluding carboxylic acids is 1. The normalized spacial score (nSPS) is 19.9. The number of amides is 1. The maximum atomic E-state index is 12.3. The molecule has 0 saturated heterocycles. The molecule has 4 rings (SSSR count). The molecule has 148 valence electrons. The third-order valence-electron chi connectivity index (χ3n) is 4.82. The van der Waals surface area contributed by atoms with Crippen LogP contribution in [0.15, 0.2) is 23.6 Å². The Balaban J connectivity index is 0.00000131. The van der Waals surface area contributed by atoms with Gasteiger partial charge in [-0.15, -0.1) is 36.2 Å². The number of aromatic nitrogens is 1. The van der Waals surface area contributed by atoms with E-state index in [-0.39, 0.29) is 43.6 Å². The number of hydrogen-bond donors (Lipinski definition) is 2. The first-order valence-corrected chi connectivity index (χ1v) is 9.45. The Morgan fingerprint density at radius 1 is 1.26 bits per heavy atom. The van der Waals surface area contributed by atoms with Gasteiger partial charge < -0.3 is 20.5 Å². The topological polar surface area (TPSA) is 86.5 Å². The average molecular weight is 432 g/mol. The quantitative estimate of drug-likeness (QED) is 0.758. The number of thiazole rings is 1. The Kier molecular flexibility index (Phi) is 7.73. The molecule has 6 nitrogen and oxygen atoms in total. The first kappa shape index (κ1) is 21.8. The van der Waals surface area contributed by atoms with Gasteiger partial charge in [0.15, 0.2) is 11.5 Å². The fraction of sp³-hybridized carbons (Fsp3) is 0.444. The van der Waals surface area contributed by atoms with Crippen molar-refractivity contribution in [1.29, 1.82) is 0 Å². The zero-order valence-electron chi connectivity index (χ0n) is 14.7. The highest BCUT2D eigenvalue weighted by molar-refractivity contribution is 7.13. The average Bonchev–Trinajstić information content (AvgIpc) is 3.34. The lowest BCUT2D eigenvalue weighted by atomic mass is 10.0. The minimum Gasteiger partial charge on any atom is -0.454 e. The fourth-order valence-corrected chi connectivity index (χ4v) is 4.30. The van der Waals surface area contributed by atoms with E-state index in [4.69, 9.17) is 15.2 Å². The molecule has 2 heterocycles. The van der Waals surface area contributed by atoms with Gasteiger partial charge in [0.2, 0.25) is 12.7 Å². The second kappa shape index (κ2) is 9.59. The molecule has 1 fully saturated rings. The van der Waals surface area contributed by atoms with Crippen molar-refractivity contribution in [3.05, 3.63) is 29.3 Å². The number of hydrogen-bond acceptors (Lipinski definition) is 6. The van der Waals surface area contributed by atoms with Gasteiger partial charge >= 0.3 is 0 Å². The Bertz CT molecular complexity index is 787. The summed E-state index contributed by atoms with van der Waals surface area (Å²) in [6, 6.07) is 5.98. The molecule has 2 atom stereocenters. The number of ether oxygens (including phenoxy) is 2. The molecular weight excluding hydrogens is 409 g/mol. The van der Waals surface area contributed by atoms with Crippen LogP contribution in [0, 0.1) is 5.92 Å². The number of fused-ring (bicyclic) bond motifs is 1. The van der Waals surface area contributed by atoms with Crippen LogP contribution < -0.4 is 20.5 Å². The van der Waals surface area contributed by atoms with Crippen molar-refractivity contribution in [3.63, 3.8) is 0 Å². The van der Waals surface area contributed by atoms with Crippen LogP contribution in [0.1, 0.15) is 25.0 Å². The van der Waals surface area contributed by atoms with Crippen molar-refractivity contribution in [3.8, 4) is 22.1 Å². The van der Waals surface area contributed by atoms with Crippen LogP contribution in [-0.4, -0.2) is 30.3 Å². The summed E-state index contributed by atoms with van der Waals surface area (Å²) < 4.78 is 10.7. The Labute approximate surface area is 174 Å². The summed E-state index contributed by atoms with van der Waals surface area (Å²) in [5.41, 5.74) is 7.54. The van der Waals surface area contributed by atoms with E-state index in [1.807, 2.05) is 23.6 Å². The molecule has 1 aliphatic heterocycles. The molecule has 1 amide bonds. The summed E-state index contributed by atoms with van der Waals surface area (Å²) in [6.45, 7) is 0.892. The van der Waals surface area contributed by atoms with Gasteiger partial charge in [-0.05, 0) is 43.5 Å². The molecule has 9 heteroatoms. The molecule has 1 aliphatic carbocycles. The van der Waals surface area contributed by atoms with E-state index in [9.17, 15) is 4.79 Å². The fourth-order valence-electron chi connectivity index (χ4n) is 3.48. The number of carbonyl (C=O) groups is 1. The van der Waals surface area contributed by atoms with E-state index in [0.717, 1.165) is 47.0 Å². The SMILES string of the molecule is Cl.Cl.NCC1CCCC1NC(=O)Cc1csc(-c2ccc3c(c2)OCO3)n1. The number of halogens is 2. The van der Waals surface area contributed by atoms with Crippen molar-refractivity contribution < 1.29 is 14.3 Å². The second-order valence-corrected chi connectivity index (χ2v) is 7.35. The van der Waals surface area contributed by atoms with Gasteiger partial charge in [0, 0.05) is 17.0 Å². The van der Waals surface area contributed by atoms with Crippen LogP contribution in [0.5, 0.6) is 11.5 Å². The zero-order chi connectivity index (χ0) is 17.2. The molecule has 2 unspecified atom stereocenters. The summed E-state index contributed by atoms with van der Waals surface area (Å²) in [7, 11) is 0. The molecule has 0 bridgehead atoms. The smallest absolute Gasteiger partial charge is 0.231 e.